The molecule has 1 saturated heterocycles. The molecule has 12 heavy (non-hydrogen) atoms. The zero-order chi connectivity index (χ0) is 9.19. The molecule has 0 saturated carbocycles. The summed E-state index contributed by atoms with van der Waals surface area (Å²) in [6.07, 6.45) is 0.549. The highest BCUT2D eigenvalue weighted by Crippen LogP contribution is 2.31. The van der Waals surface area contributed by atoms with Crippen LogP contribution in [0.4, 0.5) is 8.78 Å². The number of likely N-dealkylation sites (tertiary alicyclic amines) is 1. The molecular weight excluding hydrogens is 164 g/mol. The van der Waals surface area contributed by atoms with Gasteiger partial charge in [0.25, 0.3) is 5.92 Å². The van der Waals surface area contributed by atoms with Crippen LogP contribution in [0.5, 0.6) is 0 Å². The summed E-state index contributed by atoms with van der Waals surface area (Å²) in [6.45, 7) is 2.84. The van der Waals surface area contributed by atoms with Gasteiger partial charge in [0, 0.05) is 5.92 Å². The highest BCUT2D eigenvalue weighted by atomic mass is 19.3. The molecule has 0 aliphatic carbocycles. The summed E-state index contributed by atoms with van der Waals surface area (Å²) in [5.74, 6) is -3.05. The second-order valence-corrected chi connectivity index (χ2v) is 3.48. The highest BCUT2D eigenvalue weighted by molar-refractivity contribution is 4.83. The van der Waals surface area contributed by atoms with E-state index in [0.717, 1.165) is 6.54 Å². The van der Waals surface area contributed by atoms with Crippen LogP contribution >= 0.6 is 0 Å². The third kappa shape index (κ3) is 2.14. The van der Waals surface area contributed by atoms with Gasteiger partial charge in [-0.25, -0.2) is 8.78 Å². The second-order valence-electron chi connectivity index (χ2n) is 3.48. The molecule has 1 rings (SSSR count). The Morgan fingerprint density at radius 3 is 2.75 bits per heavy atom. The van der Waals surface area contributed by atoms with E-state index < -0.39 is 11.8 Å². The molecule has 4 heteroatoms. The molecular formula is C8H16F2NO+. The van der Waals surface area contributed by atoms with Crippen molar-refractivity contribution in [3.05, 3.63) is 0 Å². The minimum absolute atomic E-state index is 0.160. The number of halogens is 2. The second kappa shape index (κ2) is 3.66. The van der Waals surface area contributed by atoms with Gasteiger partial charge in [0.05, 0.1) is 13.1 Å². The van der Waals surface area contributed by atoms with Crippen LogP contribution in [-0.4, -0.2) is 42.2 Å². The van der Waals surface area contributed by atoms with E-state index in [9.17, 15) is 8.78 Å². The van der Waals surface area contributed by atoms with Crippen LogP contribution in [0.1, 0.15) is 13.3 Å². The summed E-state index contributed by atoms with van der Waals surface area (Å²) in [4.78, 5) is 1.67. The van der Waals surface area contributed by atoms with E-state index in [1.165, 1.54) is 0 Å². The van der Waals surface area contributed by atoms with Crippen LogP contribution in [-0.2, 0) is 0 Å². The summed E-state index contributed by atoms with van der Waals surface area (Å²) in [5, 5.41) is 6.93. The van der Waals surface area contributed by atoms with Gasteiger partial charge in [0.15, 0.2) is 6.61 Å². The molecule has 0 aromatic carbocycles. The average molecular weight is 180 g/mol. The third-order valence-corrected chi connectivity index (χ3v) is 2.46. The molecule has 0 radical (unpaired) electrons. The van der Waals surface area contributed by atoms with Crippen LogP contribution < -0.4 is 0 Å². The van der Waals surface area contributed by atoms with Crippen LogP contribution in [0.3, 0.4) is 0 Å². The molecule has 1 unspecified atom stereocenters. The first-order valence-electron chi connectivity index (χ1n) is 4.31. The molecule has 1 atom stereocenters. The van der Waals surface area contributed by atoms with Crippen molar-refractivity contribution < 1.29 is 13.9 Å². The van der Waals surface area contributed by atoms with Gasteiger partial charge in [-0.1, -0.05) is 6.92 Å². The molecule has 2 nitrogen and oxygen atoms in total. The van der Waals surface area contributed by atoms with Crippen molar-refractivity contribution in [1.82, 2.24) is 4.90 Å². The van der Waals surface area contributed by atoms with E-state index in [0.29, 0.717) is 13.0 Å². The summed E-state index contributed by atoms with van der Waals surface area (Å²) in [5.41, 5.74) is 0. The standard InChI is InChI=1S/C8H15F2NO/c1-7-2-3-11(4-5-12)6-8(7,9)10/h7,12H,2-6H2,1H3/p+1. The van der Waals surface area contributed by atoms with E-state index in [4.69, 9.17) is 5.11 Å². The van der Waals surface area contributed by atoms with Crippen molar-refractivity contribution in [3.8, 4) is 0 Å². The predicted molar refractivity (Wildman–Crippen MR) is 43.6 cm³/mol. The molecule has 0 bridgehead atoms. The maximum Gasteiger partial charge on any atom is 0.263 e. The van der Waals surface area contributed by atoms with Gasteiger partial charge in [0.2, 0.25) is 0 Å². The Bertz CT molecular complexity index is 152. The van der Waals surface area contributed by atoms with Gasteiger partial charge >= 0.3 is 0 Å². The maximum atomic E-state index is 13.1. The average Bonchev–Trinajstić information content (AvgIpc) is 1.97. The lowest BCUT2D eigenvalue weighted by Crippen LogP contribution is -2.48. The molecule has 0 spiro atoms. The number of nitrogens with zero attached hydrogens (tertiary/aromatic N) is 1. The van der Waals surface area contributed by atoms with E-state index in [2.05, 4.69) is 0 Å². The van der Waals surface area contributed by atoms with Crippen LogP contribution in [0.25, 0.3) is 0 Å². The zero-order valence-electron chi connectivity index (χ0n) is 7.32. The molecule has 2 N–H and O–H groups in total. The van der Waals surface area contributed by atoms with Crippen LogP contribution in [0.2, 0.25) is 0 Å². The Morgan fingerprint density at radius 1 is 1.58 bits per heavy atom. The number of alkyl halides is 2. The summed E-state index contributed by atoms with van der Waals surface area (Å²) in [6, 6.07) is 0. The van der Waals surface area contributed by atoms with Crippen molar-refractivity contribution >= 4 is 0 Å². The molecule has 1 aliphatic heterocycles. The molecule has 0 amide bonds. The smallest absolute Gasteiger partial charge is 0.263 e. The first kappa shape index (κ1) is 9.86. The number of rotatable bonds is 2. The lowest BCUT2D eigenvalue weighted by molar-refractivity contribution is -0.106. The molecule has 1 fully saturated rings. The van der Waals surface area contributed by atoms with E-state index in [1.54, 1.807) is 11.8 Å². The van der Waals surface area contributed by atoms with Crippen molar-refractivity contribution in [2.45, 2.75) is 19.3 Å². The van der Waals surface area contributed by atoms with Crippen molar-refractivity contribution in [2.24, 2.45) is 5.92 Å². The first-order chi connectivity index (χ1) is 5.56. The number of hydrogen-bond acceptors (Lipinski definition) is 1. The summed E-state index contributed by atoms with van der Waals surface area (Å²) in [7, 11) is 0. The molecule has 72 valence electrons. The van der Waals surface area contributed by atoms with Gasteiger partial charge in [-0.15, -0.1) is 0 Å². The fourth-order valence-corrected chi connectivity index (χ4v) is 1.47. The lowest BCUT2D eigenvalue weighted by atomic mass is 9.95. The normalized spacial score (nSPS) is 30.5. The zero-order valence-corrected chi connectivity index (χ0v) is 7.32. The maximum absolute atomic E-state index is 13.1. The van der Waals surface area contributed by atoms with Gasteiger partial charge in [-0.2, -0.15) is 0 Å². The van der Waals surface area contributed by atoms with Crippen molar-refractivity contribution in [1.29, 1.82) is 0 Å². The summed E-state index contributed by atoms with van der Waals surface area (Å²) >= 11 is 0. The summed E-state index contributed by atoms with van der Waals surface area (Å²) < 4.78 is 26.1. The Morgan fingerprint density at radius 2 is 2.25 bits per heavy atom. The van der Waals surface area contributed by atoms with E-state index in [-0.39, 0.29) is 13.2 Å². The highest BCUT2D eigenvalue weighted by Gasteiger charge is 2.41. The quantitative estimate of drug-likeness (QED) is 0.574. The minimum atomic E-state index is -2.55. The fraction of sp³-hybridized carbons (Fsp3) is 1.00. The topological polar surface area (TPSA) is 26.1 Å². The van der Waals surface area contributed by atoms with E-state index >= 15 is 0 Å². The Balaban J connectivity index is 2.45. The Kier molecular flexibility index (Phi) is 3.01. The van der Waals surface area contributed by atoms with Gasteiger partial charge in [0.1, 0.15) is 0 Å². The number of piperidine rings is 1. The molecule has 0 aromatic heterocycles. The van der Waals surface area contributed by atoms with Gasteiger partial charge < -0.3 is 5.11 Å². The van der Waals surface area contributed by atoms with Gasteiger partial charge in [-0.3, -0.25) is 4.90 Å². The van der Waals surface area contributed by atoms with Crippen molar-refractivity contribution in [2.75, 3.05) is 26.2 Å². The SMILES string of the molecule is CC1CCN(CC[OH2+])CC1(F)F. The van der Waals surface area contributed by atoms with Crippen LogP contribution in [0.15, 0.2) is 0 Å². The monoisotopic (exact) mass is 180 g/mol. The van der Waals surface area contributed by atoms with Crippen molar-refractivity contribution in [3.63, 3.8) is 0 Å². The Labute approximate surface area is 71.2 Å². The van der Waals surface area contributed by atoms with Crippen LogP contribution in [0, 0.1) is 5.92 Å². The molecule has 0 aromatic rings. The molecule has 1 aliphatic rings. The Hall–Kier alpha value is -0.220. The predicted octanol–water partition coefficient (Wildman–Crippen LogP) is 0.688. The first-order valence-corrected chi connectivity index (χ1v) is 4.31. The lowest BCUT2D eigenvalue weighted by Gasteiger charge is -2.35. The largest absolute Gasteiger partial charge is 0.444 e. The molecule has 1 heterocycles. The van der Waals surface area contributed by atoms with Gasteiger partial charge in [-0.05, 0) is 13.0 Å². The van der Waals surface area contributed by atoms with E-state index in [1.807, 2.05) is 0 Å². The number of hydrogen-bond donors (Lipinski definition) is 0. The minimum Gasteiger partial charge on any atom is -0.444 e. The third-order valence-electron chi connectivity index (χ3n) is 2.46. The fourth-order valence-electron chi connectivity index (χ4n) is 1.47.